The number of carbonyl (C=O) groups excluding carboxylic acids is 2. The third-order valence-corrected chi connectivity index (χ3v) is 5.31. The van der Waals surface area contributed by atoms with Gasteiger partial charge in [0.2, 0.25) is 0 Å². The topological polar surface area (TPSA) is 61.9 Å². The largest absolute Gasteiger partial charge is 0.492 e. The summed E-state index contributed by atoms with van der Waals surface area (Å²) in [7, 11) is 1.85. The molecule has 1 heterocycles. The average molecular weight is 430 g/mol. The molecule has 1 aliphatic heterocycles. The van der Waals surface area contributed by atoms with Crippen LogP contribution in [-0.4, -0.2) is 48.6 Å². The van der Waals surface area contributed by atoms with Gasteiger partial charge in [-0.05, 0) is 43.1 Å². The van der Waals surface area contributed by atoms with Crippen LogP contribution in [0.4, 0.5) is 4.79 Å². The number of amides is 3. The van der Waals surface area contributed by atoms with Gasteiger partial charge in [-0.3, -0.25) is 9.69 Å². The fraction of sp³-hybridized carbons (Fsp3) is 0.391. The number of likely N-dealkylation sites (N-methyl/N-ethyl adjacent to an activating group) is 1. The summed E-state index contributed by atoms with van der Waals surface area (Å²) in [6.45, 7) is 5.25. The summed E-state index contributed by atoms with van der Waals surface area (Å²) in [5.74, 6) is 0.708. The van der Waals surface area contributed by atoms with Gasteiger partial charge in [0, 0.05) is 11.6 Å². The Labute approximate surface area is 182 Å². The van der Waals surface area contributed by atoms with Crippen LogP contribution in [0.25, 0.3) is 0 Å². The molecule has 0 radical (unpaired) electrons. The van der Waals surface area contributed by atoms with Gasteiger partial charge < -0.3 is 10.1 Å². The summed E-state index contributed by atoms with van der Waals surface area (Å²) in [6, 6.07) is 16.3. The highest BCUT2D eigenvalue weighted by atomic mass is 35.5. The van der Waals surface area contributed by atoms with Gasteiger partial charge in [0.1, 0.15) is 17.9 Å². The predicted molar refractivity (Wildman–Crippen MR) is 117 cm³/mol. The lowest BCUT2D eigenvalue weighted by Crippen LogP contribution is -2.46. The van der Waals surface area contributed by atoms with Crippen LogP contribution < -0.4 is 10.1 Å². The van der Waals surface area contributed by atoms with E-state index in [0.717, 1.165) is 5.56 Å². The molecule has 3 rings (SSSR count). The third kappa shape index (κ3) is 4.94. The number of hydrogen-bond donors (Lipinski definition) is 1. The zero-order valence-electron chi connectivity index (χ0n) is 17.6. The fourth-order valence-electron chi connectivity index (χ4n) is 3.73. The van der Waals surface area contributed by atoms with Gasteiger partial charge in [-0.1, -0.05) is 61.8 Å². The number of rotatable bonds is 9. The Hall–Kier alpha value is -2.57. The van der Waals surface area contributed by atoms with Crippen molar-refractivity contribution in [3.63, 3.8) is 0 Å². The van der Waals surface area contributed by atoms with Crippen molar-refractivity contribution in [2.45, 2.75) is 25.8 Å². The second-order valence-corrected chi connectivity index (χ2v) is 8.50. The van der Waals surface area contributed by atoms with Crippen molar-refractivity contribution in [3.8, 4) is 5.75 Å². The van der Waals surface area contributed by atoms with Crippen molar-refractivity contribution < 1.29 is 14.3 Å². The molecule has 2 aromatic rings. The van der Waals surface area contributed by atoms with E-state index in [1.807, 2.05) is 68.3 Å². The lowest BCUT2D eigenvalue weighted by atomic mass is 9.82. The molecule has 1 fully saturated rings. The van der Waals surface area contributed by atoms with Crippen LogP contribution in [0.3, 0.4) is 0 Å². The van der Waals surface area contributed by atoms with Gasteiger partial charge in [-0.15, -0.1) is 0 Å². The summed E-state index contributed by atoms with van der Waals surface area (Å²) in [4.78, 5) is 29.3. The highest BCUT2D eigenvalue weighted by molar-refractivity contribution is 6.30. The molecular weight excluding hydrogens is 402 g/mol. The van der Waals surface area contributed by atoms with E-state index >= 15 is 0 Å². The van der Waals surface area contributed by atoms with Gasteiger partial charge in [0.15, 0.2) is 0 Å². The molecule has 1 N–H and O–H groups in total. The van der Waals surface area contributed by atoms with E-state index in [2.05, 4.69) is 5.32 Å². The summed E-state index contributed by atoms with van der Waals surface area (Å²) < 4.78 is 5.71. The number of hydrogen-bond acceptors (Lipinski definition) is 4. The van der Waals surface area contributed by atoms with Crippen molar-refractivity contribution in [1.29, 1.82) is 0 Å². The Morgan fingerprint density at radius 3 is 2.53 bits per heavy atom. The number of urea groups is 1. The number of halogens is 1. The first-order chi connectivity index (χ1) is 14.3. The Kier molecular flexibility index (Phi) is 7.00. The van der Waals surface area contributed by atoms with Crippen LogP contribution >= 0.6 is 11.6 Å². The van der Waals surface area contributed by atoms with Crippen LogP contribution in [0.15, 0.2) is 54.6 Å². The predicted octanol–water partition coefficient (Wildman–Crippen LogP) is 4.10. The maximum Gasteiger partial charge on any atom is 0.326 e. The van der Waals surface area contributed by atoms with Crippen molar-refractivity contribution in [1.82, 2.24) is 15.1 Å². The number of nitrogens with zero attached hydrogens (tertiary/aromatic N) is 2. The Morgan fingerprint density at radius 1 is 1.13 bits per heavy atom. The minimum absolute atomic E-state index is 0.191. The molecule has 0 aromatic heterocycles. The van der Waals surface area contributed by atoms with Gasteiger partial charge >= 0.3 is 6.03 Å². The van der Waals surface area contributed by atoms with E-state index in [-0.39, 0.29) is 24.5 Å². The van der Waals surface area contributed by atoms with Crippen molar-refractivity contribution >= 4 is 23.5 Å². The quantitative estimate of drug-likeness (QED) is 0.609. The Morgan fingerprint density at radius 2 is 1.87 bits per heavy atom. The molecule has 3 amide bonds. The smallest absolute Gasteiger partial charge is 0.326 e. The van der Waals surface area contributed by atoms with Crippen LogP contribution in [0, 0.1) is 5.92 Å². The fourth-order valence-corrected chi connectivity index (χ4v) is 3.91. The molecule has 0 aliphatic carbocycles. The molecule has 0 saturated carbocycles. The molecule has 0 spiro atoms. The van der Waals surface area contributed by atoms with E-state index in [4.69, 9.17) is 16.3 Å². The van der Waals surface area contributed by atoms with Gasteiger partial charge in [0.25, 0.3) is 5.91 Å². The SMILES string of the molecule is CC(C)C[C@]1(c2ccccc2)NC(=O)N(CN(C)CCOc2cccc(Cl)c2)C1=O. The molecule has 160 valence electrons. The molecule has 7 heteroatoms. The first kappa shape index (κ1) is 22.1. The molecule has 1 aliphatic rings. The standard InChI is InChI=1S/C23H28ClN3O3/c1-17(2)15-23(18-8-5-4-6-9-18)21(28)27(22(29)25-23)16-26(3)12-13-30-20-11-7-10-19(24)14-20/h4-11,14,17H,12-13,15-16H2,1-3H3,(H,25,29)/t23-/m1/s1. The Bertz CT molecular complexity index is 890. The first-order valence-electron chi connectivity index (χ1n) is 10.1. The summed E-state index contributed by atoms with van der Waals surface area (Å²) in [5.41, 5.74) is -0.212. The summed E-state index contributed by atoms with van der Waals surface area (Å²) in [5, 5.41) is 3.59. The maximum atomic E-state index is 13.4. The van der Waals surface area contributed by atoms with Crippen LogP contribution in [0.5, 0.6) is 5.75 Å². The van der Waals surface area contributed by atoms with E-state index in [9.17, 15) is 9.59 Å². The minimum atomic E-state index is -1.02. The second-order valence-electron chi connectivity index (χ2n) is 8.06. The first-order valence-corrected chi connectivity index (χ1v) is 10.5. The zero-order chi connectivity index (χ0) is 21.7. The molecule has 30 heavy (non-hydrogen) atoms. The van der Waals surface area contributed by atoms with E-state index in [1.54, 1.807) is 12.1 Å². The highest BCUT2D eigenvalue weighted by Gasteiger charge is 2.52. The van der Waals surface area contributed by atoms with Crippen molar-refractivity contribution in [2.75, 3.05) is 26.9 Å². The van der Waals surface area contributed by atoms with Gasteiger partial charge in [0.05, 0.1) is 6.67 Å². The zero-order valence-corrected chi connectivity index (χ0v) is 18.4. The number of nitrogens with one attached hydrogen (secondary N) is 1. The minimum Gasteiger partial charge on any atom is -0.492 e. The second kappa shape index (κ2) is 9.49. The number of imide groups is 1. The molecule has 1 saturated heterocycles. The van der Waals surface area contributed by atoms with Gasteiger partial charge in [-0.2, -0.15) is 0 Å². The number of ether oxygens (including phenoxy) is 1. The van der Waals surface area contributed by atoms with Crippen LogP contribution in [0.1, 0.15) is 25.8 Å². The average Bonchev–Trinajstić information content (AvgIpc) is 2.93. The monoisotopic (exact) mass is 429 g/mol. The number of carbonyl (C=O) groups is 2. The summed E-state index contributed by atoms with van der Waals surface area (Å²) >= 11 is 5.97. The molecule has 2 aromatic carbocycles. The molecular formula is C23H28ClN3O3. The van der Waals surface area contributed by atoms with E-state index in [0.29, 0.717) is 30.3 Å². The maximum absolute atomic E-state index is 13.4. The third-order valence-electron chi connectivity index (χ3n) is 5.08. The molecule has 6 nitrogen and oxygen atoms in total. The van der Waals surface area contributed by atoms with Crippen molar-refractivity contribution in [2.24, 2.45) is 5.92 Å². The molecule has 0 unspecified atom stereocenters. The highest BCUT2D eigenvalue weighted by Crippen LogP contribution is 2.35. The summed E-state index contributed by atoms with van der Waals surface area (Å²) in [6.07, 6.45) is 0.541. The van der Waals surface area contributed by atoms with Crippen LogP contribution in [0.2, 0.25) is 5.02 Å². The van der Waals surface area contributed by atoms with Crippen molar-refractivity contribution in [3.05, 3.63) is 65.2 Å². The molecule has 0 bridgehead atoms. The van der Waals surface area contributed by atoms with Gasteiger partial charge in [-0.25, -0.2) is 9.69 Å². The lowest BCUT2D eigenvalue weighted by Gasteiger charge is -2.29. The molecule has 1 atom stereocenters. The van der Waals surface area contributed by atoms with E-state index in [1.165, 1.54) is 4.90 Å². The lowest BCUT2D eigenvalue weighted by molar-refractivity contribution is -0.133. The normalized spacial score (nSPS) is 18.9. The van der Waals surface area contributed by atoms with E-state index < -0.39 is 5.54 Å². The van der Waals surface area contributed by atoms with Crippen LogP contribution in [-0.2, 0) is 10.3 Å². The Balaban J connectivity index is 1.66. The number of benzene rings is 2.